The number of hydrogen-bond donors (Lipinski definition) is 1. The van der Waals surface area contributed by atoms with Crippen LogP contribution in [0.15, 0.2) is 10.7 Å². The summed E-state index contributed by atoms with van der Waals surface area (Å²) in [5.41, 5.74) is 1.74. The Kier molecular flexibility index (Phi) is 5.89. The lowest BCUT2D eigenvalue weighted by Gasteiger charge is -2.40. The van der Waals surface area contributed by atoms with Crippen molar-refractivity contribution in [2.75, 3.05) is 6.54 Å². The number of nitrogens with zero attached hydrogens (tertiary/aromatic N) is 2. The lowest BCUT2D eigenvalue weighted by molar-refractivity contribution is 0.149. The standard InChI is InChI=1S/C17H30BrN3/c1-5-19-16(15-14(18)12-20-21(15)6-2)17(11-13(3)4)9-7-8-10-17/h12-13,16,19H,5-11H2,1-4H3. The maximum absolute atomic E-state index is 4.55. The third-order valence-corrected chi connectivity index (χ3v) is 5.45. The second-order valence-corrected chi connectivity index (χ2v) is 7.71. The highest BCUT2D eigenvalue weighted by molar-refractivity contribution is 9.10. The maximum Gasteiger partial charge on any atom is 0.0701 e. The van der Waals surface area contributed by atoms with Gasteiger partial charge in [0.05, 0.1) is 22.4 Å². The molecule has 1 aliphatic rings. The minimum atomic E-state index is 0.389. The first-order chi connectivity index (χ1) is 10.0. The Morgan fingerprint density at radius 3 is 2.52 bits per heavy atom. The first kappa shape index (κ1) is 17.0. The largest absolute Gasteiger partial charge is 0.308 e. The van der Waals surface area contributed by atoms with Crippen molar-refractivity contribution in [3.05, 3.63) is 16.4 Å². The molecule has 1 unspecified atom stereocenters. The summed E-state index contributed by atoms with van der Waals surface area (Å²) < 4.78 is 3.32. The molecule has 1 aromatic rings. The van der Waals surface area contributed by atoms with Crippen LogP contribution in [-0.2, 0) is 6.54 Å². The van der Waals surface area contributed by atoms with E-state index >= 15 is 0 Å². The highest BCUT2D eigenvalue weighted by Gasteiger charge is 2.43. The van der Waals surface area contributed by atoms with Crippen molar-refractivity contribution < 1.29 is 0 Å². The van der Waals surface area contributed by atoms with Gasteiger partial charge in [0, 0.05) is 6.54 Å². The van der Waals surface area contributed by atoms with Gasteiger partial charge < -0.3 is 5.32 Å². The molecule has 3 nitrogen and oxygen atoms in total. The van der Waals surface area contributed by atoms with Gasteiger partial charge in [-0.2, -0.15) is 5.10 Å². The van der Waals surface area contributed by atoms with Gasteiger partial charge in [-0.25, -0.2) is 0 Å². The van der Waals surface area contributed by atoms with Gasteiger partial charge in [-0.05, 0) is 60.0 Å². The number of rotatable bonds is 7. The molecule has 4 heteroatoms. The normalized spacial score (nSPS) is 19.3. The Bertz CT molecular complexity index is 447. The first-order valence-corrected chi connectivity index (χ1v) is 9.28. The Labute approximate surface area is 138 Å². The van der Waals surface area contributed by atoms with Crippen LogP contribution in [0.3, 0.4) is 0 Å². The Morgan fingerprint density at radius 2 is 2.00 bits per heavy atom. The van der Waals surface area contributed by atoms with Gasteiger partial charge in [0.15, 0.2) is 0 Å². The smallest absolute Gasteiger partial charge is 0.0701 e. The van der Waals surface area contributed by atoms with Crippen LogP contribution < -0.4 is 5.32 Å². The summed E-state index contributed by atoms with van der Waals surface area (Å²) in [7, 11) is 0. The topological polar surface area (TPSA) is 29.9 Å². The van der Waals surface area contributed by atoms with Gasteiger partial charge in [0.25, 0.3) is 0 Å². The quantitative estimate of drug-likeness (QED) is 0.751. The van der Waals surface area contributed by atoms with Gasteiger partial charge in [0.1, 0.15) is 0 Å². The third kappa shape index (κ3) is 3.53. The van der Waals surface area contributed by atoms with Crippen molar-refractivity contribution in [2.24, 2.45) is 11.3 Å². The van der Waals surface area contributed by atoms with Crippen LogP contribution in [0.5, 0.6) is 0 Å². The summed E-state index contributed by atoms with van der Waals surface area (Å²) in [4.78, 5) is 0. The molecule has 2 rings (SSSR count). The highest BCUT2D eigenvalue weighted by atomic mass is 79.9. The zero-order valence-corrected chi connectivity index (χ0v) is 15.5. The van der Waals surface area contributed by atoms with Gasteiger partial charge >= 0.3 is 0 Å². The molecular weight excluding hydrogens is 326 g/mol. The molecule has 0 radical (unpaired) electrons. The summed E-state index contributed by atoms with van der Waals surface area (Å²) in [6.07, 6.45) is 8.67. The minimum absolute atomic E-state index is 0.389. The number of aromatic nitrogens is 2. The molecule has 0 amide bonds. The molecule has 0 aromatic carbocycles. The van der Waals surface area contributed by atoms with Crippen LogP contribution in [0.25, 0.3) is 0 Å². The summed E-state index contributed by atoms with van der Waals surface area (Å²) in [6.45, 7) is 11.0. The van der Waals surface area contributed by atoms with E-state index in [4.69, 9.17) is 0 Å². The van der Waals surface area contributed by atoms with Crippen molar-refractivity contribution in [1.29, 1.82) is 0 Å². The molecule has 0 aliphatic heterocycles. The van der Waals surface area contributed by atoms with E-state index in [9.17, 15) is 0 Å². The monoisotopic (exact) mass is 355 g/mol. The second kappa shape index (κ2) is 7.28. The van der Waals surface area contributed by atoms with E-state index in [0.29, 0.717) is 11.5 Å². The number of halogens is 1. The number of aryl methyl sites for hydroxylation is 1. The van der Waals surface area contributed by atoms with Gasteiger partial charge in [-0.3, -0.25) is 4.68 Å². The van der Waals surface area contributed by atoms with Gasteiger partial charge in [-0.15, -0.1) is 0 Å². The average molecular weight is 356 g/mol. The average Bonchev–Trinajstić information content (AvgIpc) is 3.03. The van der Waals surface area contributed by atoms with Crippen molar-refractivity contribution in [3.8, 4) is 0 Å². The molecule has 1 aliphatic carbocycles. The molecule has 0 spiro atoms. The minimum Gasteiger partial charge on any atom is -0.308 e. The van der Waals surface area contributed by atoms with Crippen LogP contribution in [0.2, 0.25) is 0 Å². The van der Waals surface area contributed by atoms with Crippen LogP contribution >= 0.6 is 15.9 Å². The molecular formula is C17H30BrN3. The highest BCUT2D eigenvalue weighted by Crippen LogP contribution is 2.52. The van der Waals surface area contributed by atoms with Crippen LogP contribution in [0.4, 0.5) is 0 Å². The van der Waals surface area contributed by atoms with E-state index in [-0.39, 0.29) is 0 Å². The van der Waals surface area contributed by atoms with Crippen molar-refractivity contribution >= 4 is 15.9 Å². The Morgan fingerprint density at radius 1 is 1.33 bits per heavy atom. The zero-order chi connectivity index (χ0) is 15.5. The summed E-state index contributed by atoms with van der Waals surface area (Å²) in [6, 6.07) is 0.407. The van der Waals surface area contributed by atoms with E-state index in [1.165, 1.54) is 37.8 Å². The Balaban J connectivity index is 2.42. The van der Waals surface area contributed by atoms with Crippen LogP contribution in [-0.4, -0.2) is 16.3 Å². The fourth-order valence-corrected chi connectivity index (χ4v) is 4.75. The van der Waals surface area contributed by atoms with Crippen molar-refractivity contribution in [1.82, 2.24) is 15.1 Å². The van der Waals surface area contributed by atoms with Gasteiger partial charge in [0.2, 0.25) is 0 Å². The molecule has 21 heavy (non-hydrogen) atoms. The maximum atomic E-state index is 4.55. The zero-order valence-electron chi connectivity index (χ0n) is 14.0. The van der Waals surface area contributed by atoms with E-state index < -0.39 is 0 Å². The fraction of sp³-hybridized carbons (Fsp3) is 0.824. The van der Waals surface area contributed by atoms with Crippen LogP contribution in [0.1, 0.15) is 71.5 Å². The Hall–Kier alpha value is -0.350. The van der Waals surface area contributed by atoms with E-state index in [2.05, 4.69) is 58.7 Å². The summed E-state index contributed by atoms with van der Waals surface area (Å²) in [5.74, 6) is 0.737. The lowest BCUT2D eigenvalue weighted by Crippen LogP contribution is -2.39. The predicted octanol–water partition coefficient (Wildman–Crippen LogP) is 4.92. The van der Waals surface area contributed by atoms with Gasteiger partial charge in [-0.1, -0.05) is 33.6 Å². The van der Waals surface area contributed by atoms with E-state index in [1.54, 1.807) is 0 Å². The molecule has 1 aromatic heterocycles. The first-order valence-electron chi connectivity index (χ1n) is 8.48. The van der Waals surface area contributed by atoms with E-state index in [0.717, 1.165) is 23.5 Å². The number of nitrogens with one attached hydrogen (secondary N) is 1. The molecule has 0 saturated heterocycles. The lowest BCUT2D eigenvalue weighted by atomic mass is 9.71. The van der Waals surface area contributed by atoms with Crippen molar-refractivity contribution in [3.63, 3.8) is 0 Å². The summed E-state index contributed by atoms with van der Waals surface area (Å²) in [5, 5.41) is 8.35. The fourth-order valence-electron chi connectivity index (χ4n) is 4.22. The molecule has 1 heterocycles. The number of hydrogen-bond acceptors (Lipinski definition) is 2. The summed E-state index contributed by atoms with van der Waals surface area (Å²) >= 11 is 3.74. The van der Waals surface area contributed by atoms with Crippen LogP contribution in [0, 0.1) is 11.3 Å². The molecule has 0 bridgehead atoms. The molecule has 1 N–H and O–H groups in total. The predicted molar refractivity (Wildman–Crippen MR) is 92.4 cm³/mol. The molecule has 1 fully saturated rings. The third-order valence-electron chi connectivity index (χ3n) is 4.84. The molecule has 1 atom stereocenters. The van der Waals surface area contributed by atoms with E-state index in [1.807, 2.05) is 6.20 Å². The molecule has 1 saturated carbocycles. The molecule has 120 valence electrons. The van der Waals surface area contributed by atoms with Crippen molar-refractivity contribution in [2.45, 2.75) is 72.4 Å². The second-order valence-electron chi connectivity index (χ2n) is 6.85. The SMILES string of the molecule is CCNC(c1c(Br)cnn1CC)C1(CC(C)C)CCCC1.